The van der Waals surface area contributed by atoms with Crippen LogP contribution >= 0.6 is 34.5 Å². The average molecular weight is 364 g/mol. The van der Waals surface area contributed by atoms with Crippen LogP contribution in [0.25, 0.3) is 0 Å². The Labute approximate surface area is 147 Å². The first-order valence-corrected chi connectivity index (χ1v) is 8.28. The lowest BCUT2D eigenvalue weighted by atomic mass is 10.3. The van der Waals surface area contributed by atoms with Gasteiger partial charge < -0.3 is 10.6 Å². The van der Waals surface area contributed by atoms with Crippen molar-refractivity contribution in [3.05, 3.63) is 69.0 Å². The van der Waals surface area contributed by atoms with Gasteiger partial charge in [-0.15, -0.1) is 11.3 Å². The molecule has 0 spiro atoms. The molecule has 2 heterocycles. The molecule has 0 saturated heterocycles. The zero-order valence-corrected chi connectivity index (χ0v) is 14.0. The Bertz CT molecular complexity index is 820. The minimum atomic E-state index is -0.150. The molecule has 0 saturated carbocycles. The Morgan fingerprint density at radius 2 is 2.00 bits per heavy atom. The number of carbonyl (C=O) groups is 1. The molecule has 0 fully saturated rings. The lowest BCUT2D eigenvalue weighted by molar-refractivity contribution is 0.103. The third-order valence-electron chi connectivity index (χ3n) is 2.96. The Kier molecular flexibility index (Phi) is 4.81. The van der Waals surface area contributed by atoms with Crippen molar-refractivity contribution in [3.8, 4) is 0 Å². The summed E-state index contributed by atoms with van der Waals surface area (Å²) in [6.07, 6.45) is 1.58. The molecule has 23 heavy (non-hydrogen) atoms. The Balaban J connectivity index is 1.68. The first-order chi connectivity index (χ1) is 11.1. The van der Waals surface area contributed by atoms with E-state index >= 15 is 0 Å². The molecular weight excluding hydrogens is 353 g/mol. The van der Waals surface area contributed by atoms with Gasteiger partial charge >= 0.3 is 0 Å². The quantitative estimate of drug-likeness (QED) is 0.648. The lowest BCUT2D eigenvalue weighted by Gasteiger charge is -2.09. The number of benzene rings is 1. The van der Waals surface area contributed by atoms with Gasteiger partial charge in [0.05, 0.1) is 27.5 Å². The summed E-state index contributed by atoms with van der Waals surface area (Å²) in [6.45, 7) is 0. The van der Waals surface area contributed by atoms with Gasteiger partial charge in [-0.25, -0.2) is 4.98 Å². The van der Waals surface area contributed by atoms with Crippen LogP contribution in [0.3, 0.4) is 0 Å². The number of halogens is 2. The number of amides is 1. The maximum atomic E-state index is 12.0. The van der Waals surface area contributed by atoms with E-state index < -0.39 is 0 Å². The van der Waals surface area contributed by atoms with Gasteiger partial charge in [0.1, 0.15) is 5.82 Å². The van der Waals surface area contributed by atoms with Crippen LogP contribution in [-0.2, 0) is 0 Å². The summed E-state index contributed by atoms with van der Waals surface area (Å²) in [4.78, 5) is 16.9. The lowest BCUT2D eigenvalue weighted by Crippen LogP contribution is -2.10. The van der Waals surface area contributed by atoms with Gasteiger partial charge in [0.25, 0.3) is 5.91 Å². The van der Waals surface area contributed by atoms with E-state index in [1.807, 2.05) is 11.4 Å². The second kappa shape index (κ2) is 7.00. The molecule has 2 aromatic heterocycles. The predicted octanol–water partition coefficient (Wildman–Crippen LogP) is 5.45. The highest BCUT2D eigenvalue weighted by Gasteiger charge is 2.07. The highest BCUT2D eigenvalue weighted by atomic mass is 35.5. The van der Waals surface area contributed by atoms with E-state index in [9.17, 15) is 4.79 Å². The number of hydrogen-bond acceptors (Lipinski definition) is 4. The second-order valence-corrected chi connectivity index (χ2v) is 6.40. The summed E-state index contributed by atoms with van der Waals surface area (Å²) < 4.78 is 0. The normalized spacial score (nSPS) is 10.3. The number of aromatic nitrogens is 1. The van der Waals surface area contributed by atoms with Crippen LogP contribution in [0.5, 0.6) is 0 Å². The molecule has 0 radical (unpaired) electrons. The molecule has 4 nitrogen and oxygen atoms in total. The third-order valence-corrected chi connectivity index (χ3v) is 4.38. The van der Waals surface area contributed by atoms with E-state index in [2.05, 4.69) is 15.6 Å². The number of anilines is 3. The second-order valence-electron chi connectivity index (χ2n) is 4.61. The van der Waals surface area contributed by atoms with Crippen molar-refractivity contribution in [1.29, 1.82) is 0 Å². The van der Waals surface area contributed by atoms with Crippen LogP contribution in [0.4, 0.5) is 17.2 Å². The van der Waals surface area contributed by atoms with E-state index in [1.54, 1.807) is 42.6 Å². The number of hydrogen-bond donors (Lipinski definition) is 2. The highest BCUT2D eigenvalue weighted by molar-refractivity contribution is 7.12. The van der Waals surface area contributed by atoms with E-state index in [-0.39, 0.29) is 5.91 Å². The van der Waals surface area contributed by atoms with E-state index in [1.165, 1.54) is 11.3 Å². The summed E-state index contributed by atoms with van der Waals surface area (Å²) in [5.41, 5.74) is 1.33. The van der Waals surface area contributed by atoms with Gasteiger partial charge in [0.15, 0.2) is 0 Å². The maximum Gasteiger partial charge on any atom is 0.265 e. The standard InChI is InChI=1S/C16H11Cl2N3OS/c17-10-3-5-13(12(18)8-10)21-15-6-4-11(9-19-15)20-16(22)14-2-1-7-23-14/h1-9H,(H,19,21)(H,20,22). The molecule has 3 aromatic rings. The van der Waals surface area contributed by atoms with Gasteiger partial charge in [-0.2, -0.15) is 0 Å². The molecule has 2 N–H and O–H groups in total. The average Bonchev–Trinajstić information content (AvgIpc) is 3.06. The Morgan fingerprint density at radius 1 is 1.13 bits per heavy atom. The Morgan fingerprint density at radius 3 is 2.65 bits per heavy atom. The van der Waals surface area contributed by atoms with Gasteiger partial charge in [-0.1, -0.05) is 29.3 Å². The van der Waals surface area contributed by atoms with Gasteiger partial charge in [0, 0.05) is 5.02 Å². The van der Waals surface area contributed by atoms with Gasteiger partial charge in [0.2, 0.25) is 0 Å². The van der Waals surface area contributed by atoms with Crippen LogP contribution in [0.15, 0.2) is 54.0 Å². The van der Waals surface area contributed by atoms with Crippen LogP contribution in [-0.4, -0.2) is 10.9 Å². The van der Waals surface area contributed by atoms with Gasteiger partial charge in [-0.05, 0) is 41.8 Å². The minimum Gasteiger partial charge on any atom is -0.339 e. The molecule has 0 atom stereocenters. The molecule has 0 bridgehead atoms. The van der Waals surface area contributed by atoms with Gasteiger partial charge in [-0.3, -0.25) is 4.79 Å². The molecule has 1 amide bonds. The fourth-order valence-corrected chi connectivity index (χ4v) is 2.95. The first-order valence-electron chi connectivity index (χ1n) is 6.65. The van der Waals surface area contributed by atoms with Crippen LogP contribution in [0.2, 0.25) is 10.0 Å². The highest BCUT2D eigenvalue weighted by Crippen LogP contribution is 2.27. The van der Waals surface area contributed by atoms with E-state index in [4.69, 9.17) is 23.2 Å². The molecule has 0 aliphatic heterocycles. The SMILES string of the molecule is O=C(Nc1ccc(Nc2ccc(Cl)cc2Cl)nc1)c1cccs1. The fourth-order valence-electron chi connectivity index (χ4n) is 1.87. The Hall–Kier alpha value is -2.08. The zero-order chi connectivity index (χ0) is 16.2. The topological polar surface area (TPSA) is 54.0 Å². The molecule has 0 unspecified atom stereocenters. The molecule has 1 aromatic carbocycles. The number of thiophene rings is 1. The maximum absolute atomic E-state index is 12.0. The van der Waals surface area contributed by atoms with Crippen molar-refractivity contribution in [2.75, 3.05) is 10.6 Å². The summed E-state index contributed by atoms with van der Waals surface area (Å²) >= 11 is 13.4. The van der Waals surface area contributed by atoms with Crippen molar-refractivity contribution in [2.24, 2.45) is 0 Å². The van der Waals surface area contributed by atoms with E-state index in [0.29, 0.717) is 32.1 Å². The predicted molar refractivity (Wildman–Crippen MR) is 96.3 cm³/mol. The summed E-state index contributed by atoms with van der Waals surface area (Å²) in [5, 5.41) is 8.82. The molecule has 0 aliphatic carbocycles. The van der Waals surface area contributed by atoms with Crippen LogP contribution in [0.1, 0.15) is 9.67 Å². The molecule has 116 valence electrons. The number of rotatable bonds is 4. The number of nitrogens with zero attached hydrogens (tertiary/aromatic N) is 1. The van der Waals surface area contributed by atoms with Crippen molar-refractivity contribution >= 4 is 57.6 Å². The van der Waals surface area contributed by atoms with E-state index in [0.717, 1.165) is 0 Å². The monoisotopic (exact) mass is 363 g/mol. The summed E-state index contributed by atoms with van der Waals surface area (Å²) in [6, 6.07) is 12.3. The number of carbonyl (C=O) groups excluding carboxylic acids is 1. The molecule has 7 heteroatoms. The number of nitrogens with one attached hydrogen (secondary N) is 2. The zero-order valence-electron chi connectivity index (χ0n) is 11.7. The van der Waals surface area contributed by atoms with Crippen LogP contribution in [0, 0.1) is 0 Å². The van der Waals surface area contributed by atoms with Crippen molar-refractivity contribution in [1.82, 2.24) is 4.98 Å². The molecule has 0 aliphatic rings. The largest absolute Gasteiger partial charge is 0.339 e. The first kappa shape index (κ1) is 15.8. The van der Waals surface area contributed by atoms with Crippen LogP contribution < -0.4 is 10.6 Å². The third kappa shape index (κ3) is 4.01. The van der Waals surface area contributed by atoms with Crippen molar-refractivity contribution in [2.45, 2.75) is 0 Å². The summed E-state index contributed by atoms with van der Waals surface area (Å²) in [5.74, 6) is 0.464. The molecule has 3 rings (SSSR count). The molecular formula is C16H11Cl2N3OS. The fraction of sp³-hybridized carbons (Fsp3) is 0. The number of pyridine rings is 1. The minimum absolute atomic E-state index is 0.150. The van der Waals surface area contributed by atoms with Crippen molar-refractivity contribution < 1.29 is 4.79 Å². The summed E-state index contributed by atoms with van der Waals surface area (Å²) in [7, 11) is 0. The smallest absolute Gasteiger partial charge is 0.265 e. The van der Waals surface area contributed by atoms with Crippen molar-refractivity contribution in [3.63, 3.8) is 0 Å².